The number of aromatic nitrogens is 2. The number of rotatable bonds is 7. The molecule has 1 heterocycles. The number of para-hydroxylation sites is 1. The third kappa shape index (κ3) is 4.62. The van der Waals surface area contributed by atoms with Crippen LogP contribution in [-0.4, -0.2) is 26.5 Å². The summed E-state index contributed by atoms with van der Waals surface area (Å²) >= 11 is 1.28. The van der Waals surface area contributed by atoms with Crippen LogP contribution in [0.15, 0.2) is 58.5 Å². The Labute approximate surface area is 179 Å². The normalized spacial score (nSPS) is 12.2. The van der Waals surface area contributed by atoms with Gasteiger partial charge in [-0.25, -0.2) is 4.98 Å². The molecule has 0 saturated heterocycles. The molecule has 6 nitrogen and oxygen atoms in total. The monoisotopic (exact) mass is 423 g/mol. The molecule has 0 aliphatic carbocycles. The first kappa shape index (κ1) is 21.8. The molecule has 0 spiro atoms. The van der Waals surface area contributed by atoms with E-state index in [9.17, 15) is 14.4 Å². The number of Topliss-reactive ketones (excluding diaryl/α,β-unsaturated/α-hetero) is 1. The molecule has 0 aliphatic rings. The lowest BCUT2D eigenvalue weighted by molar-refractivity contribution is -0.118. The summed E-state index contributed by atoms with van der Waals surface area (Å²) in [7, 11) is 0. The van der Waals surface area contributed by atoms with Gasteiger partial charge in [0.15, 0.2) is 10.9 Å². The highest BCUT2D eigenvalue weighted by atomic mass is 32.2. The Morgan fingerprint density at radius 1 is 1.07 bits per heavy atom. The van der Waals surface area contributed by atoms with E-state index >= 15 is 0 Å². The Kier molecular flexibility index (Phi) is 6.72. The smallest absolute Gasteiger partial charge is 0.262 e. The summed E-state index contributed by atoms with van der Waals surface area (Å²) < 4.78 is 1.60. The molecule has 0 bridgehead atoms. The third-order valence-corrected chi connectivity index (χ3v) is 5.85. The number of nitrogens with zero attached hydrogens (tertiary/aromatic N) is 2. The number of anilines is 1. The fraction of sp³-hybridized carbons (Fsp3) is 0.304. The predicted octanol–water partition coefficient (Wildman–Crippen LogP) is 4.37. The number of thioether (sulfide) groups is 1. The van der Waals surface area contributed by atoms with Crippen molar-refractivity contribution in [2.75, 3.05) is 5.32 Å². The van der Waals surface area contributed by atoms with Gasteiger partial charge in [0.05, 0.1) is 16.2 Å². The number of nitrogens with one attached hydrogen (secondary N) is 1. The van der Waals surface area contributed by atoms with Crippen molar-refractivity contribution in [3.63, 3.8) is 0 Å². The van der Waals surface area contributed by atoms with Crippen LogP contribution in [-0.2, 0) is 11.3 Å². The second-order valence-corrected chi connectivity index (χ2v) is 8.61. The standard InChI is InChI=1S/C23H25N3O3S/c1-5-26-22(29)18-8-6-7-9-19(18)25-23(26)30-15(4)20(27)16-10-12-17(13-11-16)24-21(28)14(2)3/h6-15H,5H2,1-4H3,(H,24,28). The van der Waals surface area contributed by atoms with Crippen LogP contribution in [0.1, 0.15) is 38.1 Å². The molecule has 1 unspecified atom stereocenters. The van der Waals surface area contributed by atoms with Gasteiger partial charge < -0.3 is 5.32 Å². The fourth-order valence-electron chi connectivity index (χ4n) is 2.97. The van der Waals surface area contributed by atoms with E-state index in [0.29, 0.717) is 33.9 Å². The van der Waals surface area contributed by atoms with Crippen molar-refractivity contribution in [1.29, 1.82) is 0 Å². The summed E-state index contributed by atoms with van der Waals surface area (Å²) in [4.78, 5) is 42.1. The molecule has 1 atom stereocenters. The molecule has 1 N–H and O–H groups in total. The van der Waals surface area contributed by atoms with Crippen LogP contribution in [0.2, 0.25) is 0 Å². The maximum absolute atomic E-state index is 12.9. The third-order valence-electron chi connectivity index (χ3n) is 4.76. The van der Waals surface area contributed by atoms with Crippen molar-refractivity contribution in [3.8, 4) is 0 Å². The van der Waals surface area contributed by atoms with Crippen LogP contribution in [0.4, 0.5) is 5.69 Å². The summed E-state index contributed by atoms with van der Waals surface area (Å²) in [6, 6.07) is 14.1. The van der Waals surface area contributed by atoms with E-state index < -0.39 is 5.25 Å². The highest BCUT2D eigenvalue weighted by Gasteiger charge is 2.20. The number of hydrogen-bond donors (Lipinski definition) is 1. The zero-order valence-corrected chi connectivity index (χ0v) is 18.3. The average molecular weight is 424 g/mol. The highest BCUT2D eigenvalue weighted by Crippen LogP contribution is 2.25. The Balaban J connectivity index is 1.80. The van der Waals surface area contributed by atoms with E-state index in [-0.39, 0.29) is 23.2 Å². The summed E-state index contributed by atoms with van der Waals surface area (Å²) in [5.41, 5.74) is 1.72. The first-order valence-corrected chi connectivity index (χ1v) is 10.8. The number of amides is 1. The minimum absolute atomic E-state index is 0.0632. The van der Waals surface area contributed by atoms with Gasteiger partial charge in [0.25, 0.3) is 5.56 Å². The van der Waals surface area contributed by atoms with E-state index in [1.54, 1.807) is 41.0 Å². The Bertz CT molecular complexity index is 1140. The van der Waals surface area contributed by atoms with E-state index in [0.717, 1.165) is 0 Å². The summed E-state index contributed by atoms with van der Waals surface area (Å²) in [5, 5.41) is 3.49. The molecule has 2 aromatic carbocycles. The zero-order chi connectivity index (χ0) is 21.8. The maximum Gasteiger partial charge on any atom is 0.262 e. The number of hydrogen-bond acceptors (Lipinski definition) is 5. The number of benzene rings is 2. The molecule has 1 aromatic heterocycles. The lowest BCUT2D eigenvalue weighted by atomic mass is 10.1. The van der Waals surface area contributed by atoms with Crippen molar-refractivity contribution in [2.24, 2.45) is 5.92 Å². The molecule has 1 amide bonds. The predicted molar refractivity (Wildman–Crippen MR) is 121 cm³/mol. The zero-order valence-electron chi connectivity index (χ0n) is 17.5. The molecule has 0 radical (unpaired) electrons. The van der Waals surface area contributed by atoms with Gasteiger partial charge in [0.2, 0.25) is 5.91 Å². The van der Waals surface area contributed by atoms with Crippen molar-refractivity contribution in [3.05, 3.63) is 64.4 Å². The van der Waals surface area contributed by atoms with Crippen LogP contribution in [0, 0.1) is 5.92 Å². The second-order valence-electron chi connectivity index (χ2n) is 7.31. The van der Waals surface area contributed by atoms with Gasteiger partial charge in [-0.2, -0.15) is 0 Å². The van der Waals surface area contributed by atoms with Gasteiger partial charge in [0, 0.05) is 23.7 Å². The van der Waals surface area contributed by atoms with Gasteiger partial charge in [-0.3, -0.25) is 19.0 Å². The Morgan fingerprint density at radius 3 is 2.37 bits per heavy atom. The van der Waals surface area contributed by atoms with Gasteiger partial charge in [-0.1, -0.05) is 37.7 Å². The van der Waals surface area contributed by atoms with E-state index in [4.69, 9.17) is 0 Å². The molecular weight excluding hydrogens is 398 g/mol. The molecule has 0 fully saturated rings. The fourth-order valence-corrected chi connectivity index (χ4v) is 4.02. The SMILES string of the molecule is CCn1c(SC(C)C(=O)c2ccc(NC(=O)C(C)C)cc2)nc2ccccc2c1=O. The largest absolute Gasteiger partial charge is 0.326 e. The van der Waals surface area contributed by atoms with E-state index in [1.807, 2.05) is 39.8 Å². The van der Waals surface area contributed by atoms with Crippen molar-refractivity contribution in [2.45, 2.75) is 44.6 Å². The van der Waals surface area contributed by atoms with Crippen molar-refractivity contribution in [1.82, 2.24) is 9.55 Å². The maximum atomic E-state index is 12.9. The van der Waals surface area contributed by atoms with Gasteiger partial charge >= 0.3 is 0 Å². The van der Waals surface area contributed by atoms with Crippen molar-refractivity contribution >= 4 is 40.0 Å². The number of carbonyl (C=O) groups excluding carboxylic acids is 2. The molecule has 0 aliphatic heterocycles. The Hall–Kier alpha value is -2.93. The highest BCUT2D eigenvalue weighted by molar-refractivity contribution is 8.00. The lowest BCUT2D eigenvalue weighted by Gasteiger charge is -2.15. The van der Waals surface area contributed by atoms with Crippen LogP contribution >= 0.6 is 11.8 Å². The average Bonchev–Trinajstić information content (AvgIpc) is 2.74. The summed E-state index contributed by atoms with van der Waals surface area (Å²) in [5.74, 6) is -0.252. The number of carbonyl (C=O) groups is 2. The Morgan fingerprint density at radius 2 is 1.73 bits per heavy atom. The minimum atomic E-state index is -0.424. The first-order chi connectivity index (χ1) is 14.3. The van der Waals surface area contributed by atoms with Gasteiger partial charge in [-0.05, 0) is 50.2 Å². The quantitative estimate of drug-likeness (QED) is 0.347. The van der Waals surface area contributed by atoms with Crippen LogP contribution in [0.3, 0.4) is 0 Å². The molecule has 3 rings (SSSR count). The molecule has 3 aromatic rings. The van der Waals surface area contributed by atoms with E-state index in [2.05, 4.69) is 10.3 Å². The lowest BCUT2D eigenvalue weighted by Crippen LogP contribution is -2.24. The van der Waals surface area contributed by atoms with E-state index in [1.165, 1.54) is 11.8 Å². The summed E-state index contributed by atoms with van der Waals surface area (Å²) in [6.07, 6.45) is 0. The molecular formula is C23H25N3O3S. The van der Waals surface area contributed by atoms with Gasteiger partial charge in [0.1, 0.15) is 0 Å². The molecule has 0 saturated carbocycles. The number of fused-ring (bicyclic) bond motifs is 1. The molecule has 30 heavy (non-hydrogen) atoms. The number of ketones is 1. The van der Waals surface area contributed by atoms with Crippen LogP contribution < -0.4 is 10.9 Å². The molecule has 7 heteroatoms. The summed E-state index contributed by atoms with van der Waals surface area (Å²) in [6.45, 7) is 7.82. The minimum Gasteiger partial charge on any atom is -0.326 e. The second kappa shape index (κ2) is 9.26. The van der Waals surface area contributed by atoms with Crippen molar-refractivity contribution < 1.29 is 9.59 Å². The topological polar surface area (TPSA) is 81.1 Å². The van der Waals surface area contributed by atoms with Crippen LogP contribution in [0.5, 0.6) is 0 Å². The van der Waals surface area contributed by atoms with Crippen LogP contribution in [0.25, 0.3) is 10.9 Å². The van der Waals surface area contributed by atoms with Gasteiger partial charge in [-0.15, -0.1) is 0 Å². The first-order valence-electron chi connectivity index (χ1n) is 9.93. The molecule has 156 valence electrons.